The third kappa shape index (κ3) is 3.44. The number of allylic oxidation sites excluding steroid dienone is 1. The van der Waals surface area contributed by atoms with E-state index in [1.807, 2.05) is 13.8 Å². The van der Waals surface area contributed by atoms with Crippen molar-refractivity contribution in [2.75, 3.05) is 0 Å². The van der Waals surface area contributed by atoms with Crippen molar-refractivity contribution in [3.8, 4) is 0 Å². The van der Waals surface area contributed by atoms with Crippen LogP contribution in [-0.2, 0) is 12.8 Å². The van der Waals surface area contributed by atoms with Gasteiger partial charge in [0.15, 0.2) is 0 Å². The average Bonchev–Trinajstić information content (AvgIpc) is 2.72. The summed E-state index contributed by atoms with van der Waals surface area (Å²) in [6, 6.07) is 17.7. The topological polar surface area (TPSA) is 0 Å². The van der Waals surface area contributed by atoms with Crippen molar-refractivity contribution in [2.45, 2.75) is 46.5 Å². The summed E-state index contributed by atoms with van der Waals surface area (Å²) in [5, 5.41) is 0. The van der Waals surface area contributed by atoms with Crippen LogP contribution in [0.3, 0.4) is 0 Å². The van der Waals surface area contributed by atoms with Crippen molar-refractivity contribution in [2.24, 2.45) is 0 Å². The smallest absolute Gasteiger partial charge is 0.0146 e. The Bertz CT molecular complexity index is 555. The number of aryl methyl sites for hydroxylation is 2. The first-order valence-electron chi connectivity index (χ1n) is 8.27. The molecular weight excluding hydrogens is 252 g/mol. The number of unbranched alkanes of at least 4 members (excludes halogenated alkanes) is 1. The summed E-state index contributed by atoms with van der Waals surface area (Å²) >= 11 is 0. The maximum Gasteiger partial charge on any atom is -0.0146 e. The van der Waals surface area contributed by atoms with E-state index in [-0.39, 0.29) is 0 Å². The lowest BCUT2D eigenvalue weighted by molar-refractivity contribution is 0.960. The van der Waals surface area contributed by atoms with Gasteiger partial charge in [0.05, 0.1) is 0 Å². The molecular formula is C21H26. The van der Waals surface area contributed by atoms with Crippen LogP contribution in [-0.4, -0.2) is 0 Å². The van der Waals surface area contributed by atoms with Crippen molar-refractivity contribution in [1.82, 2.24) is 0 Å². The van der Waals surface area contributed by atoms with Gasteiger partial charge in [0.25, 0.3) is 0 Å². The lowest BCUT2D eigenvalue weighted by Crippen LogP contribution is -1.92. The molecule has 0 heterocycles. The van der Waals surface area contributed by atoms with Gasteiger partial charge >= 0.3 is 0 Å². The van der Waals surface area contributed by atoms with Gasteiger partial charge < -0.3 is 0 Å². The first-order chi connectivity index (χ1) is 10.4. The highest BCUT2D eigenvalue weighted by Gasteiger charge is 2.16. The van der Waals surface area contributed by atoms with Crippen molar-refractivity contribution in [3.05, 3.63) is 76.9 Å². The van der Waals surface area contributed by atoms with Crippen LogP contribution in [0.25, 0.3) is 5.57 Å². The molecule has 0 saturated heterocycles. The summed E-state index contributed by atoms with van der Waals surface area (Å²) in [6.07, 6.45) is 7.07. The van der Waals surface area contributed by atoms with Crippen LogP contribution >= 0.6 is 0 Å². The van der Waals surface area contributed by atoms with Crippen LogP contribution in [0.15, 0.2) is 54.6 Å². The molecule has 2 aromatic carbocycles. The second-order valence-corrected chi connectivity index (χ2v) is 5.22. The van der Waals surface area contributed by atoms with Gasteiger partial charge in [-0.2, -0.15) is 0 Å². The zero-order valence-corrected chi connectivity index (χ0v) is 13.5. The molecule has 110 valence electrons. The normalized spacial score (nSPS) is 12.4. The predicted octanol–water partition coefficient (Wildman–Crippen LogP) is 6.04. The van der Waals surface area contributed by atoms with Crippen LogP contribution in [0.2, 0.25) is 0 Å². The molecule has 0 heteroatoms. The Balaban J connectivity index is 0.000000774. The molecule has 0 N–H and O–H groups in total. The van der Waals surface area contributed by atoms with Gasteiger partial charge in [0, 0.05) is 0 Å². The van der Waals surface area contributed by atoms with Crippen molar-refractivity contribution >= 4 is 5.57 Å². The molecule has 0 atom stereocenters. The minimum absolute atomic E-state index is 1.15. The van der Waals surface area contributed by atoms with Gasteiger partial charge in [-0.05, 0) is 47.1 Å². The molecule has 0 fully saturated rings. The summed E-state index contributed by atoms with van der Waals surface area (Å²) in [6.45, 7) is 6.24. The van der Waals surface area contributed by atoms with E-state index in [9.17, 15) is 0 Å². The average molecular weight is 278 g/mol. The van der Waals surface area contributed by atoms with Crippen LogP contribution in [0.4, 0.5) is 0 Å². The number of hydrogen-bond donors (Lipinski definition) is 0. The van der Waals surface area contributed by atoms with Crippen LogP contribution < -0.4 is 0 Å². The second-order valence-electron chi connectivity index (χ2n) is 5.22. The van der Waals surface area contributed by atoms with Gasteiger partial charge in [-0.25, -0.2) is 0 Å². The zero-order chi connectivity index (χ0) is 15.1. The minimum Gasteiger partial charge on any atom is -0.0760 e. The first kappa shape index (κ1) is 15.6. The molecule has 1 aliphatic rings. The molecule has 0 bridgehead atoms. The third-order valence-corrected chi connectivity index (χ3v) is 3.92. The van der Waals surface area contributed by atoms with Gasteiger partial charge in [-0.3, -0.25) is 0 Å². The molecule has 0 spiro atoms. The van der Waals surface area contributed by atoms with Crippen molar-refractivity contribution in [1.29, 1.82) is 0 Å². The van der Waals surface area contributed by atoms with E-state index in [0.717, 1.165) is 19.3 Å². The van der Waals surface area contributed by atoms with Gasteiger partial charge in [-0.1, -0.05) is 81.8 Å². The van der Waals surface area contributed by atoms with E-state index in [2.05, 4.69) is 61.5 Å². The lowest BCUT2D eigenvalue weighted by Gasteiger charge is -2.11. The highest BCUT2D eigenvalue weighted by molar-refractivity contribution is 5.83. The molecule has 0 amide bonds. The molecule has 21 heavy (non-hydrogen) atoms. The highest BCUT2D eigenvalue weighted by atomic mass is 14.2. The van der Waals surface area contributed by atoms with E-state index in [4.69, 9.17) is 0 Å². The lowest BCUT2D eigenvalue weighted by atomic mass is 9.93. The Labute approximate surface area is 129 Å². The summed E-state index contributed by atoms with van der Waals surface area (Å²) < 4.78 is 0. The summed E-state index contributed by atoms with van der Waals surface area (Å²) in [5.74, 6) is 0. The van der Waals surface area contributed by atoms with Crippen LogP contribution in [0.5, 0.6) is 0 Å². The largest absolute Gasteiger partial charge is 0.0760 e. The molecule has 0 nitrogen and oxygen atoms in total. The quantitative estimate of drug-likeness (QED) is 0.628. The Hall–Kier alpha value is -1.82. The monoisotopic (exact) mass is 278 g/mol. The van der Waals surface area contributed by atoms with Gasteiger partial charge in [0.1, 0.15) is 0 Å². The number of benzene rings is 2. The molecule has 0 saturated carbocycles. The van der Waals surface area contributed by atoms with Crippen LogP contribution in [0, 0.1) is 0 Å². The summed E-state index contributed by atoms with van der Waals surface area (Å²) in [5.41, 5.74) is 7.27. The summed E-state index contributed by atoms with van der Waals surface area (Å²) in [7, 11) is 0. The number of fused-ring (bicyclic) bond motifs is 2. The van der Waals surface area contributed by atoms with E-state index < -0.39 is 0 Å². The standard InChI is InChI=1S/C19H20.C2H6/c1-2-3-10-19-17-11-6-4-8-15(17)13-14-16-9-5-7-12-18(16)19;1-2/h4-12H,2-3,13-14H2,1H3;1-2H3. The minimum atomic E-state index is 1.15. The van der Waals surface area contributed by atoms with E-state index >= 15 is 0 Å². The van der Waals surface area contributed by atoms with Crippen LogP contribution in [0.1, 0.15) is 55.9 Å². The molecule has 1 aliphatic carbocycles. The molecule has 2 aromatic rings. The fourth-order valence-electron chi connectivity index (χ4n) is 2.93. The first-order valence-corrected chi connectivity index (χ1v) is 8.27. The van der Waals surface area contributed by atoms with Gasteiger partial charge in [0.2, 0.25) is 0 Å². The van der Waals surface area contributed by atoms with Crippen molar-refractivity contribution < 1.29 is 0 Å². The van der Waals surface area contributed by atoms with E-state index in [1.165, 1.54) is 34.2 Å². The Morgan fingerprint density at radius 3 is 1.76 bits per heavy atom. The predicted molar refractivity (Wildman–Crippen MR) is 93.6 cm³/mol. The van der Waals surface area contributed by atoms with E-state index in [0.29, 0.717) is 0 Å². The SMILES string of the molecule is CC.CCCC=C1c2ccccc2CCc2ccccc21. The number of hydrogen-bond acceptors (Lipinski definition) is 0. The van der Waals surface area contributed by atoms with E-state index in [1.54, 1.807) is 0 Å². The molecule has 0 radical (unpaired) electrons. The summed E-state index contributed by atoms with van der Waals surface area (Å²) in [4.78, 5) is 0. The fraction of sp³-hybridized carbons (Fsp3) is 0.333. The molecule has 3 rings (SSSR count). The number of rotatable bonds is 2. The fourth-order valence-corrected chi connectivity index (χ4v) is 2.93. The Kier molecular flexibility index (Phi) is 5.80. The third-order valence-electron chi connectivity index (χ3n) is 3.92. The zero-order valence-electron chi connectivity index (χ0n) is 13.5. The van der Waals surface area contributed by atoms with Gasteiger partial charge in [-0.15, -0.1) is 0 Å². The Morgan fingerprint density at radius 1 is 0.810 bits per heavy atom. The molecule has 0 unspecified atom stereocenters. The molecule has 0 aromatic heterocycles. The Morgan fingerprint density at radius 2 is 1.29 bits per heavy atom. The molecule has 0 aliphatic heterocycles. The highest BCUT2D eigenvalue weighted by Crippen LogP contribution is 2.33. The second kappa shape index (κ2) is 7.83. The van der Waals surface area contributed by atoms with Crippen molar-refractivity contribution in [3.63, 3.8) is 0 Å². The maximum atomic E-state index is 2.42. The maximum absolute atomic E-state index is 2.42.